The van der Waals surface area contributed by atoms with Crippen molar-refractivity contribution in [2.24, 2.45) is 0 Å². The lowest BCUT2D eigenvalue weighted by Crippen LogP contribution is -2.37. The molecule has 0 atom stereocenters. The molecule has 1 aliphatic rings. The molecule has 2 heterocycles. The van der Waals surface area contributed by atoms with E-state index in [0.717, 1.165) is 48.7 Å². The van der Waals surface area contributed by atoms with E-state index in [9.17, 15) is 0 Å². The van der Waals surface area contributed by atoms with Crippen LogP contribution in [0, 0.1) is 6.92 Å². The number of benzene rings is 2. The zero-order valence-electron chi connectivity index (χ0n) is 15.7. The van der Waals surface area contributed by atoms with Gasteiger partial charge in [0.2, 0.25) is 5.95 Å². The maximum absolute atomic E-state index is 5.47. The first-order valence-corrected chi connectivity index (χ1v) is 9.23. The van der Waals surface area contributed by atoms with Crippen LogP contribution in [-0.2, 0) is 4.74 Å². The fourth-order valence-electron chi connectivity index (χ4n) is 2.98. The van der Waals surface area contributed by atoms with Crippen molar-refractivity contribution in [3.05, 3.63) is 54.1 Å². The van der Waals surface area contributed by atoms with E-state index < -0.39 is 0 Å². The fraction of sp³-hybridized carbons (Fsp3) is 0.333. The Morgan fingerprint density at radius 2 is 1.73 bits per heavy atom. The number of ether oxygens (including phenoxy) is 1. The second-order valence-corrected chi connectivity index (χ2v) is 5.98. The molecule has 0 radical (unpaired) electrons. The number of nitrogens with zero attached hydrogens (tertiary/aromatic N) is 3. The van der Waals surface area contributed by atoms with Crippen molar-refractivity contribution in [1.82, 2.24) is 9.97 Å². The zero-order chi connectivity index (χ0) is 18.4. The highest BCUT2D eigenvalue weighted by molar-refractivity contribution is 5.90. The van der Waals surface area contributed by atoms with E-state index in [1.165, 1.54) is 5.56 Å². The average Bonchev–Trinajstić information content (AvgIpc) is 2.70. The van der Waals surface area contributed by atoms with Gasteiger partial charge in [-0.25, -0.2) is 4.98 Å². The van der Waals surface area contributed by atoms with E-state index in [4.69, 9.17) is 9.72 Å². The SMILES string of the molecule is CC.Cc1cccc(Nc2nc(N3CCOCC3)c3ccccc3n2)c1. The third-order valence-electron chi connectivity index (χ3n) is 4.17. The standard InChI is InChI=1S/C19H20N4O.C2H6/c1-14-5-4-6-15(13-14)20-19-21-17-8-3-2-7-16(17)18(22-19)23-9-11-24-12-10-23;1-2/h2-8,13H,9-12H2,1H3,(H,20,21,22);1-2H3. The number of aryl methyl sites for hydroxylation is 1. The Kier molecular flexibility index (Phi) is 6.02. The summed E-state index contributed by atoms with van der Waals surface area (Å²) in [4.78, 5) is 11.7. The van der Waals surface area contributed by atoms with Gasteiger partial charge < -0.3 is 15.0 Å². The van der Waals surface area contributed by atoms with E-state index in [0.29, 0.717) is 5.95 Å². The smallest absolute Gasteiger partial charge is 0.229 e. The number of hydrogen-bond donors (Lipinski definition) is 1. The van der Waals surface area contributed by atoms with E-state index >= 15 is 0 Å². The number of morpholine rings is 1. The van der Waals surface area contributed by atoms with Gasteiger partial charge in [0.05, 0.1) is 18.7 Å². The van der Waals surface area contributed by atoms with Crippen LogP contribution in [0.4, 0.5) is 17.5 Å². The minimum atomic E-state index is 0.626. The van der Waals surface area contributed by atoms with E-state index in [1.54, 1.807) is 0 Å². The van der Waals surface area contributed by atoms with Crippen molar-refractivity contribution in [3.8, 4) is 0 Å². The summed E-state index contributed by atoms with van der Waals surface area (Å²) in [5.41, 5.74) is 3.15. The molecule has 1 fully saturated rings. The molecule has 3 aromatic rings. The van der Waals surface area contributed by atoms with Crippen LogP contribution in [0.2, 0.25) is 0 Å². The van der Waals surface area contributed by atoms with Crippen molar-refractivity contribution in [3.63, 3.8) is 0 Å². The van der Waals surface area contributed by atoms with Crippen molar-refractivity contribution < 1.29 is 4.74 Å². The molecule has 0 amide bonds. The molecule has 26 heavy (non-hydrogen) atoms. The molecular weight excluding hydrogens is 324 g/mol. The topological polar surface area (TPSA) is 50.3 Å². The van der Waals surface area contributed by atoms with Gasteiger partial charge in [-0.3, -0.25) is 0 Å². The van der Waals surface area contributed by atoms with Gasteiger partial charge in [-0.15, -0.1) is 0 Å². The lowest BCUT2D eigenvalue weighted by molar-refractivity contribution is 0.122. The number of anilines is 3. The summed E-state index contributed by atoms with van der Waals surface area (Å²) in [5.74, 6) is 1.60. The highest BCUT2D eigenvalue weighted by Gasteiger charge is 2.17. The molecule has 0 spiro atoms. The van der Waals surface area contributed by atoms with Gasteiger partial charge >= 0.3 is 0 Å². The highest BCUT2D eigenvalue weighted by Crippen LogP contribution is 2.27. The van der Waals surface area contributed by atoms with Crippen LogP contribution in [0.3, 0.4) is 0 Å². The first-order chi connectivity index (χ1) is 12.8. The van der Waals surface area contributed by atoms with Crippen LogP contribution in [0.1, 0.15) is 19.4 Å². The molecule has 1 saturated heterocycles. The summed E-state index contributed by atoms with van der Waals surface area (Å²) >= 11 is 0. The van der Waals surface area contributed by atoms with Crippen LogP contribution < -0.4 is 10.2 Å². The summed E-state index contributed by atoms with van der Waals surface area (Å²) in [6.07, 6.45) is 0. The lowest BCUT2D eigenvalue weighted by Gasteiger charge is -2.29. The first kappa shape index (κ1) is 18.1. The predicted octanol–water partition coefficient (Wildman–Crippen LogP) is 4.54. The third-order valence-corrected chi connectivity index (χ3v) is 4.17. The van der Waals surface area contributed by atoms with Crippen molar-refractivity contribution in [2.45, 2.75) is 20.8 Å². The second-order valence-electron chi connectivity index (χ2n) is 5.98. The van der Waals surface area contributed by atoms with Crippen LogP contribution in [0.15, 0.2) is 48.5 Å². The van der Waals surface area contributed by atoms with Crippen LogP contribution in [0.25, 0.3) is 10.9 Å². The molecule has 1 aromatic heterocycles. The molecule has 1 aliphatic heterocycles. The molecular formula is C21H26N4O. The Bertz CT molecular complexity index is 860. The third kappa shape index (κ3) is 4.11. The Labute approximate surface area is 155 Å². The van der Waals surface area contributed by atoms with Gasteiger partial charge in [0.1, 0.15) is 5.82 Å². The maximum Gasteiger partial charge on any atom is 0.229 e. The van der Waals surface area contributed by atoms with Crippen LogP contribution >= 0.6 is 0 Å². The Morgan fingerprint density at radius 3 is 2.50 bits per heavy atom. The number of hydrogen-bond acceptors (Lipinski definition) is 5. The fourth-order valence-corrected chi connectivity index (χ4v) is 2.98. The molecule has 136 valence electrons. The van der Waals surface area contributed by atoms with Crippen molar-refractivity contribution in [2.75, 3.05) is 36.5 Å². The molecule has 4 rings (SSSR count). The zero-order valence-corrected chi connectivity index (χ0v) is 15.7. The van der Waals surface area contributed by atoms with E-state index in [1.807, 2.05) is 44.2 Å². The Morgan fingerprint density at radius 1 is 0.962 bits per heavy atom. The molecule has 2 aromatic carbocycles. The van der Waals surface area contributed by atoms with Gasteiger partial charge in [0, 0.05) is 24.2 Å². The van der Waals surface area contributed by atoms with Gasteiger partial charge in [0.25, 0.3) is 0 Å². The summed E-state index contributed by atoms with van der Waals surface area (Å²) in [7, 11) is 0. The molecule has 0 saturated carbocycles. The van der Waals surface area contributed by atoms with Gasteiger partial charge in [-0.05, 0) is 36.8 Å². The number of aromatic nitrogens is 2. The van der Waals surface area contributed by atoms with E-state index in [-0.39, 0.29) is 0 Å². The van der Waals surface area contributed by atoms with Crippen LogP contribution in [0.5, 0.6) is 0 Å². The Balaban J connectivity index is 0.000000948. The predicted molar refractivity (Wildman–Crippen MR) is 108 cm³/mol. The average molecular weight is 350 g/mol. The summed E-state index contributed by atoms with van der Waals surface area (Å²) in [6.45, 7) is 9.25. The van der Waals surface area contributed by atoms with Crippen molar-refractivity contribution >= 4 is 28.4 Å². The largest absolute Gasteiger partial charge is 0.378 e. The normalized spacial score (nSPS) is 13.9. The number of rotatable bonds is 3. The second kappa shape index (κ2) is 8.63. The number of para-hydroxylation sites is 1. The minimum Gasteiger partial charge on any atom is -0.378 e. The minimum absolute atomic E-state index is 0.626. The Hall–Kier alpha value is -2.66. The summed E-state index contributed by atoms with van der Waals surface area (Å²) in [6, 6.07) is 16.4. The molecule has 5 heteroatoms. The van der Waals surface area contributed by atoms with Gasteiger partial charge in [0.15, 0.2) is 0 Å². The van der Waals surface area contributed by atoms with Crippen molar-refractivity contribution in [1.29, 1.82) is 0 Å². The maximum atomic E-state index is 5.47. The first-order valence-electron chi connectivity index (χ1n) is 9.23. The number of nitrogens with one attached hydrogen (secondary N) is 1. The van der Waals surface area contributed by atoms with Gasteiger partial charge in [-0.2, -0.15) is 4.98 Å². The monoisotopic (exact) mass is 350 g/mol. The van der Waals surface area contributed by atoms with E-state index in [2.05, 4.69) is 40.3 Å². The van der Waals surface area contributed by atoms with Gasteiger partial charge in [-0.1, -0.05) is 38.1 Å². The molecule has 5 nitrogen and oxygen atoms in total. The molecule has 0 unspecified atom stereocenters. The quantitative estimate of drug-likeness (QED) is 0.751. The molecule has 1 N–H and O–H groups in total. The lowest BCUT2D eigenvalue weighted by atomic mass is 10.2. The summed E-state index contributed by atoms with van der Waals surface area (Å²) < 4.78 is 5.47. The van der Waals surface area contributed by atoms with Crippen LogP contribution in [-0.4, -0.2) is 36.3 Å². The molecule has 0 bridgehead atoms. The summed E-state index contributed by atoms with van der Waals surface area (Å²) in [5, 5.41) is 4.41. The highest BCUT2D eigenvalue weighted by atomic mass is 16.5. The molecule has 0 aliphatic carbocycles. The number of fused-ring (bicyclic) bond motifs is 1.